The molecule has 0 radical (unpaired) electrons. The van der Waals surface area contributed by atoms with Gasteiger partial charge in [0.25, 0.3) is 0 Å². The van der Waals surface area contributed by atoms with Gasteiger partial charge in [-0.3, -0.25) is 0 Å². The molecule has 2 rings (SSSR count). The molecule has 1 aliphatic rings. The van der Waals surface area contributed by atoms with Crippen LogP contribution >= 0.6 is 11.6 Å². The van der Waals surface area contributed by atoms with Crippen molar-refractivity contribution in [2.45, 2.75) is 32.2 Å². The molecule has 106 valence electrons. The predicted molar refractivity (Wildman–Crippen MR) is 79.9 cm³/mol. The van der Waals surface area contributed by atoms with Gasteiger partial charge in [-0.05, 0) is 50.7 Å². The summed E-state index contributed by atoms with van der Waals surface area (Å²) in [7, 11) is 2.14. The lowest BCUT2D eigenvalue weighted by Gasteiger charge is -2.18. The Labute approximate surface area is 120 Å². The largest absolute Gasteiger partial charge is 0.493 e. The van der Waals surface area contributed by atoms with Crippen molar-refractivity contribution in [3.05, 3.63) is 28.3 Å². The summed E-state index contributed by atoms with van der Waals surface area (Å²) in [4.78, 5) is 2.32. The number of unbranched alkanes of at least 4 members (excludes halogenated alkanes) is 2. The molecule has 0 aliphatic carbocycles. The molecule has 0 bridgehead atoms. The molecule has 0 spiro atoms. The Morgan fingerprint density at radius 3 is 2.95 bits per heavy atom. The van der Waals surface area contributed by atoms with Crippen LogP contribution in [0.15, 0.2) is 12.1 Å². The fourth-order valence-electron chi connectivity index (χ4n) is 2.54. The van der Waals surface area contributed by atoms with Gasteiger partial charge in [0.15, 0.2) is 0 Å². The van der Waals surface area contributed by atoms with E-state index in [1.807, 2.05) is 12.1 Å². The average Bonchev–Trinajstić information content (AvgIpc) is 2.82. The Morgan fingerprint density at radius 1 is 1.32 bits per heavy atom. The molecule has 0 amide bonds. The van der Waals surface area contributed by atoms with Gasteiger partial charge in [-0.25, -0.2) is 0 Å². The van der Waals surface area contributed by atoms with E-state index in [0.717, 1.165) is 49.9 Å². The van der Waals surface area contributed by atoms with Crippen molar-refractivity contribution < 1.29 is 4.74 Å². The topological polar surface area (TPSA) is 38.5 Å². The van der Waals surface area contributed by atoms with E-state index in [1.165, 1.54) is 24.0 Å². The summed E-state index contributed by atoms with van der Waals surface area (Å²) in [5.41, 5.74) is 7.96. The Hall–Kier alpha value is -0.770. The number of nitrogens with zero attached hydrogens (tertiary/aromatic N) is 1. The maximum absolute atomic E-state index is 6.17. The highest BCUT2D eigenvalue weighted by Crippen LogP contribution is 2.33. The van der Waals surface area contributed by atoms with Gasteiger partial charge in [0.2, 0.25) is 0 Å². The third-order valence-corrected chi connectivity index (χ3v) is 3.73. The maximum Gasteiger partial charge on any atom is 0.127 e. The van der Waals surface area contributed by atoms with Gasteiger partial charge in [-0.15, -0.1) is 0 Å². The normalized spacial score (nSPS) is 13.7. The summed E-state index contributed by atoms with van der Waals surface area (Å²) in [5.74, 6) is 1.05. The lowest BCUT2D eigenvalue weighted by Crippen LogP contribution is -2.19. The average molecular weight is 283 g/mol. The summed E-state index contributed by atoms with van der Waals surface area (Å²) in [6.07, 6.45) is 4.48. The zero-order valence-corrected chi connectivity index (χ0v) is 12.4. The van der Waals surface area contributed by atoms with Crippen molar-refractivity contribution in [2.75, 3.05) is 26.7 Å². The fourth-order valence-corrected chi connectivity index (χ4v) is 2.80. The first kappa shape index (κ1) is 14.6. The van der Waals surface area contributed by atoms with Gasteiger partial charge >= 0.3 is 0 Å². The summed E-state index contributed by atoms with van der Waals surface area (Å²) >= 11 is 6.17. The Morgan fingerprint density at radius 2 is 2.16 bits per heavy atom. The minimum atomic E-state index is 0.781. The van der Waals surface area contributed by atoms with Crippen LogP contribution < -0.4 is 10.5 Å². The first-order valence-electron chi connectivity index (χ1n) is 7.03. The zero-order valence-electron chi connectivity index (χ0n) is 11.6. The van der Waals surface area contributed by atoms with E-state index in [9.17, 15) is 0 Å². The van der Waals surface area contributed by atoms with E-state index in [4.69, 9.17) is 22.1 Å². The van der Waals surface area contributed by atoms with Gasteiger partial charge < -0.3 is 15.4 Å². The number of nitrogens with two attached hydrogens (primary N) is 1. The summed E-state index contributed by atoms with van der Waals surface area (Å²) in [6, 6.07) is 4.05. The van der Waals surface area contributed by atoms with Crippen molar-refractivity contribution in [1.82, 2.24) is 4.90 Å². The monoisotopic (exact) mass is 282 g/mol. The number of benzene rings is 1. The van der Waals surface area contributed by atoms with Gasteiger partial charge in [0.05, 0.1) is 6.61 Å². The lowest BCUT2D eigenvalue weighted by atomic mass is 10.1. The quantitative estimate of drug-likeness (QED) is 0.782. The van der Waals surface area contributed by atoms with Gasteiger partial charge in [0, 0.05) is 23.6 Å². The number of ether oxygens (including phenoxy) is 1. The van der Waals surface area contributed by atoms with E-state index in [2.05, 4.69) is 11.9 Å². The molecule has 1 aliphatic heterocycles. The fraction of sp³-hybridized carbons (Fsp3) is 0.600. The van der Waals surface area contributed by atoms with Crippen LogP contribution in [-0.2, 0) is 13.0 Å². The van der Waals surface area contributed by atoms with Crippen LogP contribution in [0.2, 0.25) is 5.02 Å². The molecule has 4 heteroatoms. The molecule has 1 heterocycles. The summed E-state index contributed by atoms with van der Waals surface area (Å²) in [5, 5.41) is 0.816. The molecule has 1 aromatic carbocycles. The Kier molecular flexibility index (Phi) is 5.49. The first-order valence-corrected chi connectivity index (χ1v) is 7.41. The number of hydrogen-bond donors (Lipinski definition) is 1. The highest BCUT2D eigenvalue weighted by atomic mass is 35.5. The van der Waals surface area contributed by atoms with Crippen LogP contribution in [0.1, 0.15) is 30.4 Å². The molecule has 0 saturated carbocycles. The van der Waals surface area contributed by atoms with Crippen molar-refractivity contribution in [3.63, 3.8) is 0 Å². The molecule has 0 fully saturated rings. The molecular weight excluding hydrogens is 260 g/mol. The van der Waals surface area contributed by atoms with Gasteiger partial charge in [0.1, 0.15) is 5.75 Å². The van der Waals surface area contributed by atoms with E-state index in [1.54, 1.807) is 0 Å². The molecule has 0 aromatic heterocycles. The van der Waals surface area contributed by atoms with E-state index < -0.39 is 0 Å². The standard InChI is InChI=1S/C15H23ClN2O/c1-18(7-4-2-3-6-17)11-13-10-14(16)9-12-5-8-19-15(12)13/h9-10H,2-8,11,17H2,1H3. The summed E-state index contributed by atoms with van der Waals surface area (Å²) in [6.45, 7) is 3.55. The van der Waals surface area contributed by atoms with Crippen molar-refractivity contribution in [2.24, 2.45) is 5.73 Å². The maximum atomic E-state index is 6.17. The molecule has 19 heavy (non-hydrogen) atoms. The number of rotatable bonds is 7. The van der Waals surface area contributed by atoms with Crippen LogP contribution in [0.25, 0.3) is 0 Å². The molecule has 0 atom stereocenters. The number of halogens is 1. The zero-order chi connectivity index (χ0) is 13.7. The molecule has 2 N–H and O–H groups in total. The minimum Gasteiger partial charge on any atom is -0.493 e. The van der Waals surface area contributed by atoms with E-state index in [0.29, 0.717) is 0 Å². The van der Waals surface area contributed by atoms with Crippen LogP contribution in [0, 0.1) is 0 Å². The molecular formula is C15H23ClN2O. The second-order valence-electron chi connectivity index (χ2n) is 5.24. The Bertz CT molecular complexity index is 423. The second kappa shape index (κ2) is 7.13. The van der Waals surface area contributed by atoms with Gasteiger partial charge in [-0.2, -0.15) is 0 Å². The predicted octanol–water partition coefficient (Wildman–Crippen LogP) is 2.84. The van der Waals surface area contributed by atoms with Crippen molar-refractivity contribution >= 4 is 11.6 Å². The SMILES string of the molecule is CN(CCCCCN)Cc1cc(Cl)cc2c1OCC2. The molecule has 1 aromatic rings. The van der Waals surface area contributed by atoms with E-state index in [-0.39, 0.29) is 0 Å². The van der Waals surface area contributed by atoms with Crippen molar-refractivity contribution in [1.29, 1.82) is 0 Å². The third-order valence-electron chi connectivity index (χ3n) is 3.51. The minimum absolute atomic E-state index is 0.781. The van der Waals surface area contributed by atoms with Gasteiger partial charge in [-0.1, -0.05) is 18.0 Å². The number of hydrogen-bond acceptors (Lipinski definition) is 3. The Balaban J connectivity index is 1.92. The van der Waals surface area contributed by atoms with Crippen LogP contribution in [0.3, 0.4) is 0 Å². The molecule has 0 unspecified atom stereocenters. The highest BCUT2D eigenvalue weighted by molar-refractivity contribution is 6.30. The highest BCUT2D eigenvalue weighted by Gasteiger charge is 2.18. The third kappa shape index (κ3) is 4.10. The van der Waals surface area contributed by atoms with Crippen molar-refractivity contribution in [3.8, 4) is 5.75 Å². The molecule has 3 nitrogen and oxygen atoms in total. The lowest BCUT2D eigenvalue weighted by molar-refractivity contribution is 0.304. The van der Waals surface area contributed by atoms with Crippen LogP contribution in [0.5, 0.6) is 5.75 Å². The second-order valence-corrected chi connectivity index (χ2v) is 5.68. The van der Waals surface area contributed by atoms with E-state index >= 15 is 0 Å². The first-order chi connectivity index (χ1) is 9.20. The van der Waals surface area contributed by atoms with Crippen LogP contribution in [-0.4, -0.2) is 31.6 Å². The summed E-state index contributed by atoms with van der Waals surface area (Å²) < 4.78 is 5.73. The van der Waals surface area contributed by atoms with Crippen LogP contribution in [0.4, 0.5) is 0 Å². The smallest absolute Gasteiger partial charge is 0.127 e. The number of fused-ring (bicyclic) bond motifs is 1. The molecule has 0 saturated heterocycles.